The Morgan fingerprint density at radius 3 is 2.47 bits per heavy atom. The minimum Gasteiger partial charge on any atom is -0.329 e. The second-order valence-electron chi connectivity index (χ2n) is 6.27. The molecule has 0 bridgehead atoms. The molecule has 2 nitrogen and oxygen atoms in total. The molecule has 1 atom stereocenters. The van der Waals surface area contributed by atoms with Crippen molar-refractivity contribution >= 4 is 0 Å². The molecule has 1 aliphatic rings. The Bertz CT molecular complexity index is 412. The van der Waals surface area contributed by atoms with E-state index in [-0.39, 0.29) is 0 Å². The molecule has 2 rings (SSSR count). The Morgan fingerprint density at radius 1 is 1.16 bits per heavy atom. The van der Waals surface area contributed by atoms with Crippen LogP contribution in [0.2, 0.25) is 0 Å². The highest BCUT2D eigenvalue weighted by molar-refractivity contribution is 5.33. The van der Waals surface area contributed by atoms with Gasteiger partial charge in [-0.1, -0.05) is 32.0 Å². The average Bonchev–Trinajstić information content (AvgIpc) is 2.39. The smallest absolute Gasteiger partial charge is 0.0241 e. The van der Waals surface area contributed by atoms with Crippen molar-refractivity contribution in [2.75, 3.05) is 13.6 Å². The molecule has 0 aromatic heterocycles. The SMILES string of the molecule is CC(C)C(CN)N(C)Cc1ccc2c(c1)CCCC2. The van der Waals surface area contributed by atoms with Gasteiger partial charge in [-0.05, 0) is 55.3 Å². The highest BCUT2D eigenvalue weighted by atomic mass is 15.1. The maximum atomic E-state index is 5.90. The van der Waals surface area contributed by atoms with Gasteiger partial charge >= 0.3 is 0 Å². The van der Waals surface area contributed by atoms with Crippen LogP contribution in [0.25, 0.3) is 0 Å². The van der Waals surface area contributed by atoms with Gasteiger partial charge in [0.2, 0.25) is 0 Å². The molecule has 0 saturated carbocycles. The Kier molecular flexibility index (Phi) is 5.00. The van der Waals surface area contributed by atoms with Crippen molar-refractivity contribution in [3.63, 3.8) is 0 Å². The Labute approximate surface area is 118 Å². The number of benzene rings is 1. The van der Waals surface area contributed by atoms with Gasteiger partial charge < -0.3 is 5.73 Å². The molecule has 1 aromatic rings. The van der Waals surface area contributed by atoms with Gasteiger partial charge in [-0.15, -0.1) is 0 Å². The highest BCUT2D eigenvalue weighted by Crippen LogP contribution is 2.23. The molecule has 2 heteroatoms. The summed E-state index contributed by atoms with van der Waals surface area (Å²) in [5.41, 5.74) is 10.5. The number of hydrogen-bond acceptors (Lipinski definition) is 2. The molecule has 2 N–H and O–H groups in total. The molecule has 1 aliphatic carbocycles. The molecule has 1 aromatic carbocycles. The molecule has 106 valence electrons. The normalized spacial score (nSPS) is 16.7. The average molecular weight is 260 g/mol. The zero-order valence-electron chi connectivity index (χ0n) is 12.7. The first-order valence-electron chi connectivity index (χ1n) is 7.62. The number of rotatable bonds is 5. The third-order valence-corrected chi connectivity index (χ3v) is 4.42. The van der Waals surface area contributed by atoms with E-state index in [1.807, 2.05) is 0 Å². The minimum absolute atomic E-state index is 0.469. The van der Waals surface area contributed by atoms with E-state index in [0.717, 1.165) is 13.1 Å². The lowest BCUT2D eigenvalue weighted by atomic mass is 9.90. The quantitative estimate of drug-likeness (QED) is 0.882. The van der Waals surface area contributed by atoms with E-state index >= 15 is 0 Å². The summed E-state index contributed by atoms with van der Waals surface area (Å²) in [6.07, 6.45) is 5.23. The number of nitrogens with zero attached hydrogens (tertiary/aromatic N) is 1. The van der Waals surface area contributed by atoms with Crippen LogP contribution in [0, 0.1) is 5.92 Å². The van der Waals surface area contributed by atoms with Crippen LogP contribution in [0.1, 0.15) is 43.4 Å². The zero-order valence-corrected chi connectivity index (χ0v) is 12.7. The number of fused-ring (bicyclic) bond motifs is 1. The predicted molar refractivity (Wildman–Crippen MR) is 82.2 cm³/mol. The van der Waals surface area contributed by atoms with Gasteiger partial charge in [0.15, 0.2) is 0 Å². The summed E-state index contributed by atoms with van der Waals surface area (Å²) < 4.78 is 0. The summed E-state index contributed by atoms with van der Waals surface area (Å²) in [4.78, 5) is 2.40. The third kappa shape index (κ3) is 3.58. The first-order valence-corrected chi connectivity index (χ1v) is 7.62. The van der Waals surface area contributed by atoms with Crippen LogP contribution < -0.4 is 5.73 Å². The molecule has 0 fully saturated rings. The van der Waals surface area contributed by atoms with Crippen LogP contribution in [-0.2, 0) is 19.4 Å². The molecule has 0 radical (unpaired) electrons. The van der Waals surface area contributed by atoms with Crippen LogP contribution in [0.3, 0.4) is 0 Å². The molecule has 0 heterocycles. The van der Waals surface area contributed by atoms with E-state index in [2.05, 4.69) is 44.0 Å². The fourth-order valence-electron chi connectivity index (χ4n) is 3.25. The predicted octanol–water partition coefficient (Wildman–Crippen LogP) is 2.98. The van der Waals surface area contributed by atoms with Gasteiger partial charge in [0.05, 0.1) is 0 Å². The molecule has 0 saturated heterocycles. The van der Waals surface area contributed by atoms with E-state index in [4.69, 9.17) is 5.73 Å². The van der Waals surface area contributed by atoms with Crippen molar-refractivity contribution < 1.29 is 0 Å². The molecule has 0 aliphatic heterocycles. The lowest BCUT2D eigenvalue weighted by Crippen LogP contribution is -2.41. The van der Waals surface area contributed by atoms with E-state index in [0.29, 0.717) is 12.0 Å². The molecule has 1 unspecified atom stereocenters. The van der Waals surface area contributed by atoms with Gasteiger partial charge in [0.25, 0.3) is 0 Å². The number of nitrogens with two attached hydrogens (primary N) is 1. The zero-order chi connectivity index (χ0) is 13.8. The number of hydrogen-bond donors (Lipinski definition) is 1. The number of aryl methyl sites for hydroxylation is 2. The van der Waals surface area contributed by atoms with Crippen molar-refractivity contribution in [2.24, 2.45) is 11.7 Å². The Balaban J connectivity index is 2.06. The van der Waals surface area contributed by atoms with E-state index in [9.17, 15) is 0 Å². The van der Waals surface area contributed by atoms with Crippen LogP contribution in [0.5, 0.6) is 0 Å². The fraction of sp³-hybridized carbons (Fsp3) is 0.647. The van der Waals surface area contributed by atoms with Crippen molar-refractivity contribution in [2.45, 2.75) is 52.1 Å². The lowest BCUT2D eigenvalue weighted by Gasteiger charge is -2.30. The topological polar surface area (TPSA) is 29.3 Å². The van der Waals surface area contributed by atoms with Gasteiger partial charge in [-0.3, -0.25) is 4.90 Å². The number of likely N-dealkylation sites (N-methyl/N-ethyl adjacent to an activating group) is 1. The highest BCUT2D eigenvalue weighted by Gasteiger charge is 2.17. The summed E-state index contributed by atoms with van der Waals surface area (Å²) in [5, 5.41) is 0. The van der Waals surface area contributed by atoms with Gasteiger partial charge in [0, 0.05) is 19.1 Å². The largest absolute Gasteiger partial charge is 0.329 e. The summed E-state index contributed by atoms with van der Waals surface area (Å²) in [6, 6.07) is 7.52. The monoisotopic (exact) mass is 260 g/mol. The van der Waals surface area contributed by atoms with Gasteiger partial charge in [-0.25, -0.2) is 0 Å². The molecule has 0 spiro atoms. The minimum atomic E-state index is 0.469. The Hall–Kier alpha value is -0.860. The van der Waals surface area contributed by atoms with Crippen molar-refractivity contribution in [1.82, 2.24) is 4.90 Å². The second-order valence-corrected chi connectivity index (χ2v) is 6.27. The first-order chi connectivity index (χ1) is 9.11. The van der Waals surface area contributed by atoms with E-state index < -0.39 is 0 Å². The van der Waals surface area contributed by atoms with Crippen molar-refractivity contribution in [1.29, 1.82) is 0 Å². The summed E-state index contributed by atoms with van der Waals surface area (Å²) in [6.45, 7) is 6.24. The van der Waals surface area contributed by atoms with Crippen molar-refractivity contribution in [3.8, 4) is 0 Å². The van der Waals surface area contributed by atoms with Crippen LogP contribution >= 0.6 is 0 Å². The molecular formula is C17H28N2. The second kappa shape index (κ2) is 6.53. The van der Waals surface area contributed by atoms with Gasteiger partial charge in [-0.2, -0.15) is 0 Å². The standard InChI is InChI=1S/C17H28N2/c1-13(2)17(11-18)19(3)12-14-8-9-15-6-4-5-7-16(15)10-14/h8-10,13,17H,4-7,11-12,18H2,1-3H3. The summed E-state index contributed by atoms with van der Waals surface area (Å²) >= 11 is 0. The molecular weight excluding hydrogens is 232 g/mol. The van der Waals surface area contributed by atoms with E-state index in [1.165, 1.54) is 31.2 Å². The fourth-order valence-corrected chi connectivity index (χ4v) is 3.25. The summed E-state index contributed by atoms with van der Waals surface area (Å²) in [7, 11) is 2.19. The van der Waals surface area contributed by atoms with Crippen molar-refractivity contribution in [3.05, 3.63) is 34.9 Å². The van der Waals surface area contributed by atoms with E-state index in [1.54, 1.807) is 11.1 Å². The molecule has 19 heavy (non-hydrogen) atoms. The molecule has 0 amide bonds. The first kappa shape index (κ1) is 14.5. The van der Waals surface area contributed by atoms with Crippen LogP contribution in [0.15, 0.2) is 18.2 Å². The maximum Gasteiger partial charge on any atom is 0.0241 e. The maximum absolute atomic E-state index is 5.90. The van der Waals surface area contributed by atoms with Crippen LogP contribution in [-0.4, -0.2) is 24.5 Å². The lowest BCUT2D eigenvalue weighted by molar-refractivity contribution is 0.190. The van der Waals surface area contributed by atoms with Crippen LogP contribution in [0.4, 0.5) is 0 Å². The van der Waals surface area contributed by atoms with Gasteiger partial charge in [0.1, 0.15) is 0 Å². The Morgan fingerprint density at radius 2 is 1.84 bits per heavy atom. The summed E-state index contributed by atoms with van der Waals surface area (Å²) in [5.74, 6) is 0.604. The third-order valence-electron chi connectivity index (χ3n) is 4.42.